The van der Waals surface area contributed by atoms with Gasteiger partial charge in [-0.1, -0.05) is 13.3 Å². The van der Waals surface area contributed by atoms with Gasteiger partial charge < -0.3 is 10.1 Å². The molecule has 0 saturated heterocycles. The molecule has 0 aliphatic carbocycles. The van der Waals surface area contributed by atoms with E-state index < -0.39 is 17.3 Å². The fourth-order valence-electron chi connectivity index (χ4n) is 2.60. The minimum absolute atomic E-state index is 0.178. The summed E-state index contributed by atoms with van der Waals surface area (Å²) in [6.07, 6.45) is 0.870. The normalized spacial score (nSPS) is 11.0. The van der Waals surface area contributed by atoms with Crippen molar-refractivity contribution < 1.29 is 9.53 Å². The first-order valence-corrected chi connectivity index (χ1v) is 8.12. The highest BCUT2D eigenvalue weighted by Gasteiger charge is 2.24. The van der Waals surface area contributed by atoms with Gasteiger partial charge in [0.2, 0.25) is 0 Å². The van der Waals surface area contributed by atoms with E-state index in [0.29, 0.717) is 19.5 Å². The molecule has 9 heteroatoms. The SMILES string of the molecule is CCCCn1c(=O)c2c(NC)n(C(=O)OCC)nc2n(CC)c1=O. The third kappa shape index (κ3) is 2.81. The van der Waals surface area contributed by atoms with Crippen LogP contribution in [0.5, 0.6) is 0 Å². The molecule has 2 heterocycles. The van der Waals surface area contributed by atoms with Crippen LogP contribution in [0.1, 0.15) is 33.6 Å². The molecule has 0 aromatic carbocycles. The largest absolute Gasteiger partial charge is 0.448 e. The number of carbonyl (C=O) groups excluding carboxylic acids is 1. The Morgan fingerprint density at radius 2 is 1.92 bits per heavy atom. The molecule has 9 nitrogen and oxygen atoms in total. The fourth-order valence-corrected chi connectivity index (χ4v) is 2.60. The molecule has 1 N–H and O–H groups in total. The zero-order valence-electron chi connectivity index (χ0n) is 14.5. The summed E-state index contributed by atoms with van der Waals surface area (Å²) in [7, 11) is 1.59. The molecule has 0 amide bonds. The van der Waals surface area contributed by atoms with Crippen LogP contribution < -0.4 is 16.6 Å². The van der Waals surface area contributed by atoms with Crippen LogP contribution in [0.25, 0.3) is 11.0 Å². The third-order valence-electron chi connectivity index (χ3n) is 3.77. The molecule has 0 radical (unpaired) electrons. The summed E-state index contributed by atoms with van der Waals surface area (Å²) in [5.74, 6) is 0.223. The van der Waals surface area contributed by atoms with Gasteiger partial charge in [-0.3, -0.25) is 13.9 Å². The van der Waals surface area contributed by atoms with E-state index in [0.717, 1.165) is 11.1 Å². The van der Waals surface area contributed by atoms with E-state index in [4.69, 9.17) is 4.74 Å². The van der Waals surface area contributed by atoms with Gasteiger partial charge in [0.25, 0.3) is 5.56 Å². The van der Waals surface area contributed by atoms with Crippen molar-refractivity contribution in [3.05, 3.63) is 20.8 Å². The second-order valence-electron chi connectivity index (χ2n) is 5.25. The van der Waals surface area contributed by atoms with Gasteiger partial charge in [0.15, 0.2) is 11.5 Å². The van der Waals surface area contributed by atoms with E-state index >= 15 is 0 Å². The summed E-state index contributed by atoms with van der Waals surface area (Å²) in [6.45, 7) is 6.31. The molecule has 2 aromatic rings. The van der Waals surface area contributed by atoms with Crippen molar-refractivity contribution >= 4 is 22.9 Å². The van der Waals surface area contributed by atoms with Crippen LogP contribution in [-0.2, 0) is 17.8 Å². The number of rotatable bonds is 6. The highest BCUT2D eigenvalue weighted by atomic mass is 16.6. The number of nitrogens with one attached hydrogen (secondary N) is 1. The molecule has 0 aliphatic rings. The molecule has 2 aromatic heterocycles. The Morgan fingerprint density at radius 3 is 2.46 bits per heavy atom. The zero-order chi connectivity index (χ0) is 17.9. The molecule has 0 saturated carbocycles. The van der Waals surface area contributed by atoms with Crippen molar-refractivity contribution in [1.29, 1.82) is 0 Å². The van der Waals surface area contributed by atoms with Crippen molar-refractivity contribution in [2.24, 2.45) is 0 Å². The molecule has 0 spiro atoms. The van der Waals surface area contributed by atoms with Crippen LogP contribution >= 0.6 is 0 Å². The average molecular weight is 337 g/mol. The van der Waals surface area contributed by atoms with Crippen molar-refractivity contribution in [1.82, 2.24) is 18.9 Å². The van der Waals surface area contributed by atoms with Crippen LogP contribution in [0.2, 0.25) is 0 Å². The highest BCUT2D eigenvalue weighted by molar-refractivity contribution is 5.92. The summed E-state index contributed by atoms with van der Waals surface area (Å²) in [4.78, 5) is 37.5. The Balaban J connectivity index is 2.85. The first kappa shape index (κ1) is 17.8. The van der Waals surface area contributed by atoms with E-state index in [1.807, 2.05) is 6.92 Å². The lowest BCUT2D eigenvalue weighted by atomic mass is 10.3. The number of hydrogen-bond acceptors (Lipinski definition) is 6. The number of nitrogens with zero attached hydrogens (tertiary/aromatic N) is 4. The second kappa shape index (κ2) is 7.33. The lowest BCUT2D eigenvalue weighted by Gasteiger charge is -2.09. The minimum Gasteiger partial charge on any atom is -0.448 e. The lowest BCUT2D eigenvalue weighted by molar-refractivity contribution is 0.151. The van der Waals surface area contributed by atoms with Crippen LogP contribution in [0, 0.1) is 0 Å². The van der Waals surface area contributed by atoms with E-state index in [1.165, 1.54) is 9.13 Å². The first-order valence-electron chi connectivity index (χ1n) is 8.12. The number of unbranched alkanes of at least 4 members (excludes halogenated alkanes) is 1. The summed E-state index contributed by atoms with van der Waals surface area (Å²) < 4.78 is 8.55. The predicted octanol–water partition coefficient (Wildman–Crippen LogP) is 1.23. The highest BCUT2D eigenvalue weighted by Crippen LogP contribution is 2.19. The summed E-state index contributed by atoms with van der Waals surface area (Å²) in [5.41, 5.74) is -0.690. The number of carbonyl (C=O) groups is 1. The van der Waals surface area contributed by atoms with Gasteiger partial charge in [0, 0.05) is 20.1 Å². The minimum atomic E-state index is -0.701. The van der Waals surface area contributed by atoms with E-state index in [1.54, 1.807) is 20.9 Å². The van der Waals surface area contributed by atoms with E-state index in [9.17, 15) is 14.4 Å². The summed E-state index contributed by atoms with van der Waals surface area (Å²) in [5, 5.41) is 7.18. The number of aromatic nitrogens is 4. The summed E-state index contributed by atoms with van der Waals surface area (Å²) >= 11 is 0. The fraction of sp³-hybridized carbons (Fsp3) is 0.600. The lowest BCUT2D eigenvalue weighted by Crippen LogP contribution is -2.39. The molecular weight excluding hydrogens is 314 g/mol. The maximum absolute atomic E-state index is 12.8. The molecule has 0 bridgehead atoms. The van der Waals surface area contributed by atoms with Crippen LogP contribution in [0.15, 0.2) is 9.59 Å². The smallest absolute Gasteiger partial charge is 0.436 e. The number of hydrogen-bond donors (Lipinski definition) is 1. The van der Waals surface area contributed by atoms with Gasteiger partial charge in [-0.25, -0.2) is 9.59 Å². The quantitative estimate of drug-likeness (QED) is 0.851. The van der Waals surface area contributed by atoms with Crippen molar-refractivity contribution in [2.45, 2.75) is 46.7 Å². The summed E-state index contributed by atoms with van der Waals surface area (Å²) in [6, 6.07) is 0. The molecule has 24 heavy (non-hydrogen) atoms. The van der Waals surface area contributed by atoms with Crippen LogP contribution in [-0.4, -0.2) is 38.7 Å². The zero-order valence-corrected chi connectivity index (χ0v) is 14.5. The van der Waals surface area contributed by atoms with Gasteiger partial charge in [0.1, 0.15) is 5.39 Å². The monoisotopic (exact) mass is 337 g/mol. The van der Waals surface area contributed by atoms with Gasteiger partial charge in [-0.05, 0) is 20.3 Å². The maximum Gasteiger partial charge on any atom is 0.436 e. The molecule has 2 rings (SSSR count). The van der Waals surface area contributed by atoms with Crippen molar-refractivity contribution in [3.63, 3.8) is 0 Å². The van der Waals surface area contributed by atoms with Crippen LogP contribution in [0.4, 0.5) is 10.6 Å². The van der Waals surface area contributed by atoms with E-state index in [-0.39, 0.29) is 23.5 Å². The molecule has 0 atom stereocenters. The Hall–Kier alpha value is -2.58. The van der Waals surface area contributed by atoms with E-state index in [2.05, 4.69) is 10.4 Å². The number of ether oxygens (including phenoxy) is 1. The number of aryl methyl sites for hydroxylation is 1. The maximum atomic E-state index is 12.8. The topological polar surface area (TPSA) is 100 Å². The Morgan fingerprint density at radius 1 is 1.21 bits per heavy atom. The third-order valence-corrected chi connectivity index (χ3v) is 3.77. The van der Waals surface area contributed by atoms with Gasteiger partial charge in [-0.2, -0.15) is 0 Å². The van der Waals surface area contributed by atoms with Crippen LogP contribution in [0.3, 0.4) is 0 Å². The van der Waals surface area contributed by atoms with Crippen molar-refractivity contribution in [3.8, 4) is 0 Å². The second-order valence-corrected chi connectivity index (χ2v) is 5.25. The van der Waals surface area contributed by atoms with Gasteiger partial charge in [-0.15, -0.1) is 9.78 Å². The predicted molar refractivity (Wildman–Crippen MR) is 90.8 cm³/mol. The molecule has 132 valence electrons. The molecule has 0 unspecified atom stereocenters. The molecule has 0 aliphatic heterocycles. The van der Waals surface area contributed by atoms with Gasteiger partial charge in [0.05, 0.1) is 6.61 Å². The number of anilines is 1. The molecular formula is C15H23N5O4. The van der Waals surface area contributed by atoms with Crippen molar-refractivity contribution in [2.75, 3.05) is 19.0 Å². The van der Waals surface area contributed by atoms with Gasteiger partial charge >= 0.3 is 11.8 Å². The molecule has 0 fully saturated rings. The average Bonchev–Trinajstić information content (AvgIpc) is 2.95. The Labute approximate surface area is 138 Å². The first-order chi connectivity index (χ1) is 11.5. The standard InChI is InChI=1S/C15H23N5O4/c1-5-8-9-19-13(21)10-11(16-4)20(15(23)24-7-3)17-12(10)18(6-2)14(19)22/h16H,5-9H2,1-4H3. The Bertz CT molecular complexity index is 861. The number of fused-ring (bicyclic) bond motifs is 1. The Kier molecular flexibility index (Phi) is 5.42.